The van der Waals surface area contributed by atoms with E-state index in [-0.39, 0.29) is 23.4 Å². The smallest absolute Gasteiger partial charge is 0.339 e. The standard InChI is InChI=1S/C22H22N4O6/c1-26(12-11-18-24-19(32-25-18)14-7-5-4-6-8-14)22(29)23-17-13-15(20(27)30-2)9-10-16(17)21(28)31-3/h4-10,13H,11-12H2,1-3H3,(H,23,29). The number of ether oxygens (including phenoxy) is 2. The molecule has 32 heavy (non-hydrogen) atoms. The van der Waals surface area contributed by atoms with Crippen molar-refractivity contribution in [3.63, 3.8) is 0 Å². The van der Waals surface area contributed by atoms with Crippen LogP contribution < -0.4 is 5.32 Å². The summed E-state index contributed by atoms with van der Waals surface area (Å²) < 4.78 is 14.7. The third kappa shape index (κ3) is 5.28. The Kier molecular flexibility index (Phi) is 7.17. The maximum absolute atomic E-state index is 12.7. The molecular weight excluding hydrogens is 416 g/mol. The average Bonchev–Trinajstić information content (AvgIpc) is 3.31. The highest BCUT2D eigenvalue weighted by atomic mass is 16.5. The Morgan fingerprint density at radius 1 is 1.03 bits per heavy atom. The third-order valence-corrected chi connectivity index (χ3v) is 4.59. The van der Waals surface area contributed by atoms with Crippen LogP contribution in [0, 0.1) is 0 Å². The predicted molar refractivity (Wildman–Crippen MR) is 114 cm³/mol. The molecule has 166 valence electrons. The van der Waals surface area contributed by atoms with Crippen molar-refractivity contribution in [2.24, 2.45) is 0 Å². The summed E-state index contributed by atoms with van der Waals surface area (Å²) in [5.74, 6) is -0.405. The minimum Gasteiger partial charge on any atom is -0.465 e. The molecule has 3 rings (SSSR count). The number of hydrogen-bond donors (Lipinski definition) is 1. The molecule has 1 heterocycles. The van der Waals surface area contributed by atoms with Gasteiger partial charge in [0.1, 0.15) is 0 Å². The number of anilines is 1. The first-order chi connectivity index (χ1) is 15.4. The molecule has 10 nitrogen and oxygen atoms in total. The van der Waals surface area contributed by atoms with Crippen molar-refractivity contribution in [2.45, 2.75) is 6.42 Å². The average molecular weight is 438 g/mol. The van der Waals surface area contributed by atoms with Gasteiger partial charge in [0, 0.05) is 25.6 Å². The van der Waals surface area contributed by atoms with Gasteiger partial charge in [0.05, 0.1) is 31.0 Å². The van der Waals surface area contributed by atoms with Crippen LogP contribution in [0.2, 0.25) is 0 Å². The van der Waals surface area contributed by atoms with Gasteiger partial charge < -0.3 is 24.2 Å². The van der Waals surface area contributed by atoms with Crippen molar-refractivity contribution in [3.05, 3.63) is 65.5 Å². The lowest BCUT2D eigenvalue weighted by molar-refractivity contribution is 0.0587. The van der Waals surface area contributed by atoms with Gasteiger partial charge in [-0.25, -0.2) is 14.4 Å². The minimum absolute atomic E-state index is 0.104. The Labute approximate surface area is 184 Å². The number of hydrogen-bond acceptors (Lipinski definition) is 8. The number of urea groups is 1. The fourth-order valence-corrected chi connectivity index (χ4v) is 2.81. The molecule has 0 saturated carbocycles. The summed E-state index contributed by atoms with van der Waals surface area (Å²) in [6.45, 7) is 0.282. The van der Waals surface area contributed by atoms with E-state index in [2.05, 4.69) is 15.5 Å². The molecule has 0 bridgehead atoms. The lowest BCUT2D eigenvalue weighted by Gasteiger charge is -2.18. The molecule has 0 spiro atoms. The second-order valence-electron chi connectivity index (χ2n) is 6.73. The van der Waals surface area contributed by atoms with E-state index in [0.29, 0.717) is 18.1 Å². The normalized spacial score (nSPS) is 10.3. The first-order valence-corrected chi connectivity index (χ1v) is 9.63. The summed E-state index contributed by atoms with van der Waals surface area (Å²) in [4.78, 5) is 42.2. The van der Waals surface area contributed by atoms with Crippen LogP contribution in [0.5, 0.6) is 0 Å². The number of carbonyl (C=O) groups excluding carboxylic acids is 3. The number of benzene rings is 2. The Morgan fingerprint density at radius 3 is 2.44 bits per heavy atom. The minimum atomic E-state index is -0.653. The van der Waals surface area contributed by atoms with Crippen molar-refractivity contribution in [1.82, 2.24) is 15.0 Å². The number of likely N-dealkylation sites (N-methyl/N-ethyl adjacent to an activating group) is 1. The van der Waals surface area contributed by atoms with E-state index in [1.165, 1.54) is 37.3 Å². The van der Waals surface area contributed by atoms with Gasteiger partial charge in [-0.15, -0.1) is 0 Å². The van der Waals surface area contributed by atoms with Gasteiger partial charge in [0.15, 0.2) is 5.82 Å². The van der Waals surface area contributed by atoms with E-state index >= 15 is 0 Å². The summed E-state index contributed by atoms with van der Waals surface area (Å²) in [6, 6.07) is 13.0. The Balaban J connectivity index is 1.67. The number of esters is 2. The third-order valence-electron chi connectivity index (χ3n) is 4.59. The van der Waals surface area contributed by atoms with Gasteiger partial charge in [0.25, 0.3) is 5.89 Å². The maximum Gasteiger partial charge on any atom is 0.339 e. The maximum atomic E-state index is 12.7. The van der Waals surface area contributed by atoms with Crippen molar-refractivity contribution < 1.29 is 28.4 Å². The van der Waals surface area contributed by atoms with E-state index in [0.717, 1.165) is 5.56 Å². The van der Waals surface area contributed by atoms with Gasteiger partial charge in [0.2, 0.25) is 0 Å². The number of nitrogens with one attached hydrogen (secondary N) is 1. The quantitative estimate of drug-likeness (QED) is 0.558. The largest absolute Gasteiger partial charge is 0.465 e. The van der Waals surface area contributed by atoms with Crippen LogP contribution in [0.3, 0.4) is 0 Å². The molecule has 0 unspecified atom stereocenters. The fourth-order valence-electron chi connectivity index (χ4n) is 2.81. The van der Waals surface area contributed by atoms with Crippen molar-refractivity contribution in [2.75, 3.05) is 33.1 Å². The first kappa shape index (κ1) is 22.5. The second kappa shape index (κ2) is 10.2. The number of carbonyl (C=O) groups is 3. The molecule has 0 atom stereocenters. The van der Waals surface area contributed by atoms with Crippen LogP contribution >= 0.6 is 0 Å². The molecule has 2 aromatic carbocycles. The van der Waals surface area contributed by atoms with Gasteiger partial charge in [-0.2, -0.15) is 4.98 Å². The number of aromatic nitrogens is 2. The van der Waals surface area contributed by atoms with E-state index in [4.69, 9.17) is 14.0 Å². The molecule has 1 N–H and O–H groups in total. The van der Waals surface area contributed by atoms with Crippen LogP contribution in [0.15, 0.2) is 53.1 Å². The number of amides is 2. The number of nitrogens with zero attached hydrogens (tertiary/aromatic N) is 3. The van der Waals surface area contributed by atoms with E-state index in [1.54, 1.807) is 7.05 Å². The molecule has 0 aliphatic heterocycles. The molecule has 0 aliphatic carbocycles. The number of methoxy groups -OCH3 is 2. The summed E-state index contributed by atoms with van der Waals surface area (Å²) in [5, 5.41) is 6.57. The zero-order chi connectivity index (χ0) is 23.1. The van der Waals surface area contributed by atoms with Gasteiger partial charge in [-0.3, -0.25) is 0 Å². The van der Waals surface area contributed by atoms with Gasteiger partial charge in [-0.1, -0.05) is 23.4 Å². The van der Waals surface area contributed by atoms with E-state index in [1.807, 2.05) is 30.3 Å². The Bertz CT molecular complexity index is 1110. The van der Waals surface area contributed by atoms with Crippen LogP contribution in [0.4, 0.5) is 10.5 Å². The van der Waals surface area contributed by atoms with Crippen LogP contribution in [0.25, 0.3) is 11.5 Å². The second-order valence-corrected chi connectivity index (χ2v) is 6.73. The zero-order valence-electron chi connectivity index (χ0n) is 17.8. The van der Waals surface area contributed by atoms with Crippen molar-refractivity contribution in [1.29, 1.82) is 0 Å². The molecule has 3 aromatic rings. The molecule has 0 saturated heterocycles. The molecular formula is C22H22N4O6. The highest BCUT2D eigenvalue weighted by Gasteiger charge is 2.19. The van der Waals surface area contributed by atoms with Crippen molar-refractivity contribution >= 4 is 23.7 Å². The topological polar surface area (TPSA) is 124 Å². The number of rotatable bonds is 7. The summed E-state index contributed by atoms with van der Waals surface area (Å²) in [5.41, 5.74) is 1.21. The summed E-state index contributed by atoms with van der Waals surface area (Å²) >= 11 is 0. The van der Waals surface area contributed by atoms with E-state index < -0.39 is 18.0 Å². The lowest BCUT2D eigenvalue weighted by atomic mass is 10.1. The van der Waals surface area contributed by atoms with Crippen LogP contribution in [-0.2, 0) is 15.9 Å². The first-order valence-electron chi connectivity index (χ1n) is 9.63. The monoisotopic (exact) mass is 438 g/mol. The summed E-state index contributed by atoms with van der Waals surface area (Å²) in [6.07, 6.45) is 0.353. The molecule has 0 radical (unpaired) electrons. The highest BCUT2D eigenvalue weighted by molar-refractivity contribution is 6.03. The fraction of sp³-hybridized carbons (Fsp3) is 0.227. The van der Waals surface area contributed by atoms with Gasteiger partial charge in [-0.05, 0) is 30.3 Å². The molecule has 0 fully saturated rings. The molecule has 1 aromatic heterocycles. The Hall–Kier alpha value is -4.21. The molecule has 2 amide bonds. The van der Waals surface area contributed by atoms with Crippen molar-refractivity contribution in [3.8, 4) is 11.5 Å². The van der Waals surface area contributed by atoms with Crippen LogP contribution in [-0.4, -0.2) is 60.8 Å². The zero-order valence-corrected chi connectivity index (χ0v) is 17.8. The SMILES string of the molecule is COC(=O)c1ccc(C(=O)OC)c(NC(=O)N(C)CCc2noc(-c3ccccc3)n2)c1. The lowest BCUT2D eigenvalue weighted by Crippen LogP contribution is -2.33. The predicted octanol–water partition coefficient (Wildman–Crippen LogP) is 3.02. The van der Waals surface area contributed by atoms with Crippen LogP contribution in [0.1, 0.15) is 26.5 Å². The van der Waals surface area contributed by atoms with Gasteiger partial charge >= 0.3 is 18.0 Å². The Morgan fingerprint density at radius 2 is 1.75 bits per heavy atom. The highest BCUT2D eigenvalue weighted by Crippen LogP contribution is 2.20. The molecule has 10 heteroatoms. The summed E-state index contributed by atoms with van der Waals surface area (Å²) in [7, 11) is 4.04. The van der Waals surface area contributed by atoms with E-state index in [9.17, 15) is 14.4 Å². The molecule has 0 aliphatic rings.